The molecule has 5 nitrogen and oxygen atoms in total. The van der Waals surface area contributed by atoms with Crippen molar-refractivity contribution >= 4 is 11.7 Å². The van der Waals surface area contributed by atoms with Gasteiger partial charge in [0, 0.05) is 0 Å². The first kappa shape index (κ1) is 14.3. The fourth-order valence-electron chi connectivity index (χ4n) is 1.54. The number of carbonyl (C=O) groups is 1. The molecule has 1 aromatic carbocycles. The number of aryl methyl sites for hydroxylation is 1. The molecule has 0 aliphatic carbocycles. The molecule has 0 spiro atoms. The summed E-state index contributed by atoms with van der Waals surface area (Å²) in [5.74, 6) is 0.604. The topological polar surface area (TPSA) is 70.6 Å². The van der Waals surface area contributed by atoms with Crippen LogP contribution < -0.4 is 15.4 Å². The number of hydrogen-bond donors (Lipinski definition) is 3. The monoisotopic (exact) mass is 252 g/mol. The quantitative estimate of drug-likeness (QED) is 0.749. The van der Waals surface area contributed by atoms with E-state index in [1.807, 2.05) is 26.0 Å². The molecule has 3 N–H and O–H groups in total. The second-order valence-electron chi connectivity index (χ2n) is 4.09. The standard InChI is InChI=1S/C13H20N2O3/c1-4-10(8-16)14-13(17)15-11-7-9(2)5-6-12(11)18-3/h5-7,10,16H,4,8H2,1-3H3,(H2,14,15,17). The molecule has 0 aromatic heterocycles. The lowest BCUT2D eigenvalue weighted by atomic mass is 10.2. The minimum atomic E-state index is -0.347. The zero-order chi connectivity index (χ0) is 13.5. The summed E-state index contributed by atoms with van der Waals surface area (Å²) >= 11 is 0. The molecule has 0 aliphatic heterocycles. The van der Waals surface area contributed by atoms with Gasteiger partial charge in [0.1, 0.15) is 5.75 Å². The number of urea groups is 1. The van der Waals surface area contributed by atoms with Crippen LogP contribution in [0, 0.1) is 6.92 Å². The van der Waals surface area contributed by atoms with Gasteiger partial charge in [-0.25, -0.2) is 4.79 Å². The summed E-state index contributed by atoms with van der Waals surface area (Å²) in [5, 5.41) is 14.4. The first-order valence-electron chi connectivity index (χ1n) is 5.93. The van der Waals surface area contributed by atoms with Crippen molar-refractivity contribution in [3.8, 4) is 5.75 Å². The molecule has 0 bridgehead atoms. The molecule has 2 amide bonds. The van der Waals surface area contributed by atoms with Gasteiger partial charge in [-0.05, 0) is 31.0 Å². The SMILES string of the molecule is CCC(CO)NC(=O)Nc1cc(C)ccc1OC. The van der Waals surface area contributed by atoms with Gasteiger partial charge < -0.3 is 20.5 Å². The predicted molar refractivity (Wildman–Crippen MR) is 71.1 cm³/mol. The number of carbonyl (C=O) groups excluding carboxylic acids is 1. The molecular weight excluding hydrogens is 232 g/mol. The number of ether oxygens (including phenoxy) is 1. The summed E-state index contributed by atoms with van der Waals surface area (Å²) in [6.45, 7) is 3.76. The van der Waals surface area contributed by atoms with Gasteiger partial charge in [-0.15, -0.1) is 0 Å². The number of aliphatic hydroxyl groups is 1. The average molecular weight is 252 g/mol. The van der Waals surface area contributed by atoms with Gasteiger partial charge in [0.2, 0.25) is 0 Å². The van der Waals surface area contributed by atoms with Crippen LogP contribution in [0.3, 0.4) is 0 Å². The first-order valence-corrected chi connectivity index (χ1v) is 5.93. The fourth-order valence-corrected chi connectivity index (χ4v) is 1.54. The summed E-state index contributed by atoms with van der Waals surface area (Å²) < 4.78 is 5.17. The number of hydrogen-bond acceptors (Lipinski definition) is 3. The number of nitrogens with one attached hydrogen (secondary N) is 2. The highest BCUT2D eigenvalue weighted by Crippen LogP contribution is 2.24. The second kappa shape index (κ2) is 6.86. The molecule has 5 heteroatoms. The van der Waals surface area contributed by atoms with Crippen LogP contribution in [0.5, 0.6) is 5.75 Å². The van der Waals surface area contributed by atoms with E-state index >= 15 is 0 Å². The van der Waals surface area contributed by atoms with Gasteiger partial charge >= 0.3 is 6.03 Å². The highest BCUT2D eigenvalue weighted by Gasteiger charge is 2.11. The van der Waals surface area contributed by atoms with Crippen LogP contribution in [-0.2, 0) is 0 Å². The molecule has 18 heavy (non-hydrogen) atoms. The summed E-state index contributed by atoms with van der Waals surface area (Å²) in [5.41, 5.74) is 1.64. The molecule has 0 fully saturated rings. The van der Waals surface area contributed by atoms with Gasteiger partial charge in [0.25, 0.3) is 0 Å². The molecule has 0 aliphatic rings. The van der Waals surface area contributed by atoms with Crippen molar-refractivity contribution in [1.29, 1.82) is 0 Å². The van der Waals surface area contributed by atoms with E-state index in [2.05, 4.69) is 10.6 Å². The highest BCUT2D eigenvalue weighted by molar-refractivity contribution is 5.91. The van der Waals surface area contributed by atoms with Crippen molar-refractivity contribution < 1.29 is 14.6 Å². The van der Waals surface area contributed by atoms with Crippen LogP contribution in [0.25, 0.3) is 0 Å². The van der Waals surface area contributed by atoms with Gasteiger partial charge in [0.05, 0.1) is 25.4 Å². The molecule has 0 heterocycles. The van der Waals surface area contributed by atoms with Gasteiger partial charge in [-0.2, -0.15) is 0 Å². The van der Waals surface area contributed by atoms with E-state index in [0.29, 0.717) is 17.9 Å². The number of anilines is 1. The zero-order valence-electron chi connectivity index (χ0n) is 11.0. The van der Waals surface area contributed by atoms with E-state index in [1.165, 1.54) is 0 Å². The smallest absolute Gasteiger partial charge is 0.319 e. The molecule has 0 saturated heterocycles. The van der Waals surface area contributed by atoms with E-state index in [0.717, 1.165) is 5.56 Å². The minimum absolute atomic E-state index is 0.0745. The van der Waals surface area contributed by atoms with Crippen molar-refractivity contribution in [3.63, 3.8) is 0 Å². The lowest BCUT2D eigenvalue weighted by molar-refractivity contribution is 0.222. The lowest BCUT2D eigenvalue weighted by Crippen LogP contribution is -2.39. The molecule has 0 radical (unpaired) electrons. The second-order valence-corrected chi connectivity index (χ2v) is 4.09. The molecule has 1 atom stereocenters. The van der Waals surface area contributed by atoms with E-state index in [4.69, 9.17) is 9.84 Å². The van der Waals surface area contributed by atoms with Crippen LogP contribution in [-0.4, -0.2) is 30.9 Å². The van der Waals surface area contributed by atoms with Crippen LogP contribution in [0.1, 0.15) is 18.9 Å². The fraction of sp³-hybridized carbons (Fsp3) is 0.462. The third kappa shape index (κ3) is 3.92. The molecular formula is C13H20N2O3. The van der Waals surface area contributed by atoms with E-state index in [-0.39, 0.29) is 18.7 Å². The normalized spacial score (nSPS) is 11.8. The van der Waals surface area contributed by atoms with E-state index < -0.39 is 0 Å². The third-order valence-corrected chi connectivity index (χ3v) is 2.65. The van der Waals surface area contributed by atoms with Crippen molar-refractivity contribution in [2.45, 2.75) is 26.3 Å². The Morgan fingerprint density at radius 1 is 1.50 bits per heavy atom. The van der Waals surface area contributed by atoms with Crippen molar-refractivity contribution in [1.82, 2.24) is 5.32 Å². The highest BCUT2D eigenvalue weighted by atomic mass is 16.5. The molecule has 1 rings (SSSR count). The maximum Gasteiger partial charge on any atom is 0.319 e. The largest absolute Gasteiger partial charge is 0.495 e. The van der Waals surface area contributed by atoms with Gasteiger partial charge in [-0.3, -0.25) is 0 Å². The average Bonchev–Trinajstić information content (AvgIpc) is 2.36. The Hall–Kier alpha value is -1.75. The summed E-state index contributed by atoms with van der Waals surface area (Å²) in [7, 11) is 1.55. The molecule has 0 saturated carbocycles. The number of aliphatic hydroxyl groups excluding tert-OH is 1. The molecule has 1 aromatic rings. The Morgan fingerprint density at radius 2 is 2.22 bits per heavy atom. The Kier molecular flexibility index (Phi) is 5.45. The number of methoxy groups -OCH3 is 1. The van der Waals surface area contributed by atoms with Crippen LogP contribution in [0.4, 0.5) is 10.5 Å². The summed E-state index contributed by atoms with van der Waals surface area (Å²) in [4.78, 5) is 11.7. The number of amides is 2. The molecule has 1 unspecified atom stereocenters. The molecule has 100 valence electrons. The summed E-state index contributed by atoms with van der Waals surface area (Å²) in [6, 6.07) is 4.96. The predicted octanol–water partition coefficient (Wildman–Crippen LogP) is 1.90. The third-order valence-electron chi connectivity index (χ3n) is 2.65. The van der Waals surface area contributed by atoms with Crippen LogP contribution in [0.15, 0.2) is 18.2 Å². The van der Waals surface area contributed by atoms with Gasteiger partial charge in [-0.1, -0.05) is 13.0 Å². The Morgan fingerprint density at radius 3 is 2.78 bits per heavy atom. The summed E-state index contributed by atoms with van der Waals surface area (Å²) in [6.07, 6.45) is 0.675. The Bertz CT molecular complexity index is 403. The number of rotatable bonds is 5. The van der Waals surface area contributed by atoms with Crippen LogP contribution >= 0.6 is 0 Å². The lowest BCUT2D eigenvalue weighted by Gasteiger charge is -2.16. The van der Waals surface area contributed by atoms with Crippen molar-refractivity contribution in [2.75, 3.05) is 19.0 Å². The van der Waals surface area contributed by atoms with Crippen molar-refractivity contribution in [3.05, 3.63) is 23.8 Å². The number of benzene rings is 1. The minimum Gasteiger partial charge on any atom is -0.495 e. The van der Waals surface area contributed by atoms with Gasteiger partial charge in [0.15, 0.2) is 0 Å². The zero-order valence-corrected chi connectivity index (χ0v) is 11.0. The van der Waals surface area contributed by atoms with Crippen molar-refractivity contribution in [2.24, 2.45) is 0 Å². The maximum absolute atomic E-state index is 11.7. The Labute approximate surface area is 107 Å². The van der Waals surface area contributed by atoms with E-state index in [1.54, 1.807) is 13.2 Å². The van der Waals surface area contributed by atoms with Crippen LogP contribution in [0.2, 0.25) is 0 Å². The van der Waals surface area contributed by atoms with E-state index in [9.17, 15) is 4.79 Å². The Balaban J connectivity index is 2.71. The maximum atomic E-state index is 11.7. The first-order chi connectivity index (χ1) is 8.60.